The number of halogens is 2. The van der Waals surface area contributed by atoms with E-state index in [1.807, 2.05) is 0 Å². The molecule has 1 aromatic carbocycles. The Morgan fingerprint density at radius 1 is 1.05 bits per heavy atom. The fourth-order valence-electron chi connectivity index (χ4n) is 2.49. The smallest absolute Gasteiger partial charge is 0.127 e. The van der Waals surface area contributed by atoms with Gasteiger partial charge in [-0.05, 0) is 37.7 Å². The predicted octanol–water partition coefficient (Wildman–Crippen LogP) is 1.43. The van der Waals surface area contributed by atoms with Gasteiger partial charge in [-0.25, -0.2) is 8.78 Å². The van der Waals surface area contributed by atoms with Crippen LogP contribution in [0.4, 0.5) is 8.78 Å². The molecule has 0 aliphatic carbocycles. The summed E-state index contributed by atoms with van der Waals surface area (Å²) in [4.78, 5) is 4.50. The largest absolute Gasteiger partial charge is 0.329 e. The van der Waals surface area contributed by atoms with Gasteiger partial charge < -0.3 is 10.6 Å². The molecule has 1 fully saturated rings. The maximum atomic E-state index is 13.6. The fraction of sp³-hybridized carbons (Fsp3) is 0.571. The molecule has 106 valence electrons. The third-order valence-electron chi connectivity index (χ3n) is 3.53. The second-order valence-electron chi connectivity index (χ2n) is 5.00. The van der Waals surface area contributed by atoms with Gasteiger partial charge in [-0.2, -0.15) is 0 Å². The van der Waals surface area contributed by atoms with Crippen molar-refractivity contribution in [1.82, 2.24) is 9.80 Å². The number of hydrogen-bond donors (Lipinski definition) is 1. The van der Waals surface area contributed by atoms with Crippen molar-refractivity contribution < 1.29 is 8.78 Å². The zero-order valence-corrected chi connectivity index (χ0v) is 11.1. The van der Waals surface area contributed by atoms with E-state index in [-0.39, 0.29) is 11.6 Å². The van der Waals surface area contributed by atoms with Gasteiger partial charge in [-0.3, -0.25) is 4.90 Å². The molecule has 0 bridgehead atoms. The summed E-state index contributed by atoms with van der Waals surface area (Å²) in [5.41, 5.74) is 6.00. The molecule has 19 heavy (non-hydrogen) atoms. The highest BCUT2D eigenvalue weighted by molar-refractivity contribution is 5.18. The minimum absolute atomic E-state index is 0.329. The van der Waals surface area contributed by atoms with Gasteiger partial charge >= 0.3 is 0 Å². The lowest BCUT2D eigenvalue weighted by Crippen LogP contribution is -2.33. The molecule has 0 spiro atoms. The van der Waals surface area contributed by atoms with E-state index >= 15 is 0 Å². The average Bonchev–Trinajstić information content (AvgIpc) is 2.60. The lowest BCUT2D eigenvalue weighted by atomic mass is 10.2. The Bertz CT molecular complexity index is 412. The first kappa shape index (κ1) is 14.4. The van der Waals surface area contributed by atoms with Crippen molar-refractivity contribution in [2.75, 3.05) is 39.3 Å². The van der Waals surface area contributed by atoms with Crippen molar-refractivity contribution in [1.29, 1.82) is 0 Å². The van der Waals surface area contributed by atoms with Gasteiger partial charge in [0, 0.05) is 38.3 Å². The molecule has 3 nitrogen and oxygen atoms in total. The summed E-state index contributed by atoms with van der Waals surface area (Å²) < 4.78 is 26.7. The third kappa shape index (κ3) is 4.23. The van der Waals surface area contributed by atoms with E-state index in [2.05, 4.69) is 9.80 Å². The van der Waals surface area contributed by atoms with Crippen LogP contribution in [0.2, 0.25) is 0 Å². The van der Waals surface area contributed by atoms with E-state index in [0.29, 0.717) is 18.7 Å². The molecule has 1 saturated heterocycles. The third-order valence-corrected chi connectivity index (χ3v) is 3.53. The van der Waals surface area contributed by atoms with Crippen LogP contribution in [0.1, 0.15) is 12.0 Å². The van der Waals surface area contributed by atoms with Crippen LogP contribution in [-0.2, 0) is 6.54 Å². The van der Waals surface area contributed by atoms with Crippen LogP contribution in [0.5, 0.6) is 0 Å². The summed E-state index contributed by atoms with van der Waals surface area (Å²) in [6.07, 6.45) is 1.04. The van der Waals surface area contributed by atoms with Crippen LogP contribution in [0.15, 0.2) is 18.2 Å². The molecule has 1 aliphatic heterocycles. The Hall–Kier alpha value is -1.04. The predicted molar refractivity (Wildman–Crippen MR) is 71.7 cm³/mol. The molecule has 2 N–H and O–H groups in total. The highest BCUT2D eigenvalue weighted by Crippen LogP contribution is 2.14. The van der Waals surface area contributed by atoms with Crippen LogP contribution in [-0.4, -0.2) is 49.1 Å². The van der Waals surface area contributed by atoms with Crippen LogP contribution < -0.4 is 5.73 Å². The molecule has 0 atom stereocenters. The summed E-state index contributed by atoms with van der Waals surface area (Å²) >= 11 is 0. The summed E-state index contributed by atoms with van der Waals surface area (Å²) in [5, 5.41) is 0. The lowest BCUT2D eigenvalue weighted by Gasteiger charge is -2.21. The van der Waals surface area contributed by atoms with Gasteiger partial charge in [0.1, 0.15) is 11.6 Å². The van der Waals surface area contributed by atoms with Crippen molar-refractivity contribution in [3.63, 3.8) is 0 Å². The zero-order chi connectivity index (χ0) is 13.7. The standard InChI is InChI=1S/C14H21F2N3/c15-13-2-3-14(16)12(10-13)11-19-6-1-5-18(7-4-17)8-9-19/h2-3,10H,1,4-9,11,17H2. The van der Waals surface area contributed by atoms with Crippen LogP contribution in [0.3, 0.4) is 0 Å². The van der Waals surface area contributed by atoms with Gasteiger partial charge in [0.15, 0.2) is 0 Å². The van der Waals surface area contributed by atoms with Crippen molar-refractivity contribution in [2.24, 2.45) is 5.73 Å². The van der Waals surface area contributed by atoms with Gasteiger partial charge in [0.25, 0.3) is 0 Å². The van der Waals surface area contributed by atoms with Crippen molar-refractivity contribution in [3.8, 4) is 0 Å². The monoisotopic (exact) mass is 269 g/mol. The van der Waals surface area contributed by atoms with E-state index in [1.54, 1.807) is 0 Å². The Morgan fingerprint density at radius 3 is 2.58 bits per heavy atom. The zero-order valence-electron chi connectivity index (χ0n) is 11.1. The Kier molecular flexibility index (Phi) is 5.24. The van der Waals surface area contributed by atoms with E-state index < -0.39 is 0 Å². The Labute approximate surface area is 113 Å². The van der Waals surface area contributed by atoms with Crippen molar-refractivity contribution in [2.45, 2.75) is 13.0 Å². The molecular weight excluding hydrogens is 248 g/mol. The number of nitrogens with two attached hydrogens (primary N) is 1. The quantitative estimate of drug-likeness (QED) is 0.897. The number of hydrogen-bond acceptors (Lipinski definition) is 3. The van der Waals surface area contributed by atoms with E-state index in [9.17, 15) is 8.78 Å². The van der Waals surface area contributed by atoms with Gasteiger partial charge in [0.05, 0.1) is 0 Å². The number of benzene rings is 1. The molecule has 0 aromatic heterocycles. The molecule has 0 amide bonds. The van der Waals surface area contributed by atoms with Crippen LogP contribution in [0, 0.1) is 11.6 Å². The highest BCUT2D eigenvalue weighted by atomic mass is 19.1. The Balaban J connectivity index is 1.94. The second-order valence-corrected chi connectivity index (χ2v) is 5.00. The molecule has 1 aliphatic rings. The van der Waals surface area contributed by atoms with E-state index in [1.165, 1.54) is 12.1 Å². The maximum Gasteiger partial charge on any atom is 0.127 e. The first-order chi connectivity index (χ1) is 9.19. The molecule has 0 saturated carbocycles. The van der Waals surface area contributed by atoms with Gasteiger partial charge in [-0.15, -0.1) is 0 Å². The second kappa shape index (κ2) is 6.93. The molecular formula is C14H21F2N3. The van der Waals surface area contributed by atoms with E-state index in [0.717, 1.165) is 45.2 Å². The number of rotatable bonds is 4. The summed E-state index contributed by atoms with van der Waals surface area (Å²) in [7, 11) is 0. The van der Waals surface area contributed by atoms with Crippen LogP contribution >= 0.6 is 0 Å². The summed E-state index contributed by atoms with van der Waals surface area (Å²) in [6, 6.07) is 3.64. The minimum atomic E-state index is -0.379. The molecule has 2 rings (SSSR count). The van der Waals surface area contributed by atoms with Gasteiger partial charge in [-0.1, -0.05) is 0 Å². The summed E-state index contributed by atoms with van der Waals surface area (Å²) in [6.45, 7) is 5.79. The number of nitrogens with zero attached hydrogens (tertiary/aromatic N) is 2. The molecule has 0 unspecified atom stereocenters. The van der Waals surface area contributed by atoms with Crippen molar-refractivity contribution >= 4 is 0 Å². The average molecular weight is 269 g/mol. The molecule has 5 heteroatoms. The van der Waals surface area contributed by atoms with E-state index in [4.69, 9.17) is 5.73 Å². The minimum Gasteiger partial charge on any atom is -0.329 e. The molecule has 1 heterocycles. The van der Waals surface area contributed by atoms with Crippen molar-refractivity contribution in [3.05, 3.63) is 35.4 Å². The molecule has 1 aromatic rings. The fourth-order valence-corrected chi connectivity index (χ4v) is 2.49. The first-order valence-electron chi connectivity index (χ1n) is 6.78. The Morgan fingerprint density at radius 2 is 1.79 bits per heavy atom. The molecule has 0 radical (unpaired) electrons. The normalized spacial score (nSPS) is 18.5. The SMILES string of the molecule is NCCN1CCCN(Cc2cc(F)ccc2F)CC1. The summed E-state index contributed by atoms with van der Waals surface area (Å²) in [5.74, 6) is -0.708. The van der Waals surface area contributed by atoms with Gasteiger partial charge in [0.2, 0.25) is 0 Å². The lowest BCUT2D eigenvalue weighted by molar-refractivity contribution is 0.252. The highest BCUT2D eigenvalue weighted by Gasteiger charge is 2.15. The maximum absolute atomic E-state index is 13.6. The topological polar surface area (TPSA) is 32.5 Å². The first-order valence-corrected chi connectivity index (χ1v) is 6.78. The van der Waals surface area contributed by atoms with Crippen LogP contribution in [0.25, 0.3) is 0 Å².